The van der Waals surface area contributed by atoms with Crippen LogP contribution in [0.15, 0.2) is 29.8 Å². The Labute approximate surface area is 123 Å². The molecule has 5 nitrogen and oxygen atoms in total. The van der Waals surface area contributed by atoms with Crippen LogP contribution in [0, 0.1) is 0 Å². The average molecular weight is 290 g/mol. The van der Waals surface area contributed by atoms with Gasteiger partial charge in [-0.25, -0.2) is 4.79 Å². The maximum Gasteiger partial charge on any atom is 0.342 e. The monoisotopic (exact) mass is 290 g/mol. The lowest BCUT2D eigenvalue weighted by Crippen LogP contribution is -2.27. The van der Waals surface area contributed by atoms with E-state index in [2.05, 4.69) is 0 Å². The Morgan fingerprint density at radius 1 is 1.33 bits per heavy atom. The van der Waals surface area contributed by atoms with Crippen LogP contribution in [-0.2, 0) is 19.1 Å². The van der Waals surface area contributed by atoms with Gasteiger partial charge < -0.3 is 14.6 Å². The lowest BCUT2D eigenvalue weighted by atomic mass is 10.1. The van der Waals surface area contributed by atoms with E-state index in [0.717, 1.165) is 0 Å². The summed E-state index contributed by atoms with van der Waals surface area (Å²) >= 11 is 0. The number of Topliss-reactive ketones (excluding diaryl/α,β-unsaturated/α-hetero) is 1. The number of rotatable bonds is 4. The van der Waals surface area contributed by atoms with Gasteiger partial charge in [0.1, 0.15) is 17.4 Å². The molecular formula is C16H18O5. The van der Waals surface area contributed by atoms with Crippen LogP contribution < -0.4 is 0 Å². The molecule has 0 radical (unpaired) electrons. The van der Waals surface area contributed by atoms with Crippen molar-refractivity contribution in [3.63, 3.8) is 0 Å². The number of ether oxygens (including phenoxy) is 2. The van der Waals surface area contributed by atoms with E-state index < -0.39 is 5.97 Å². The van der Waals surface area contributed by atoms with Gasteiger partial charge in [0.15, 0.2) is 5.78 Å². The summed E-state index contributed by atoms with van der Waals surface area (Å²) in [6.07, 6.45) is 2.51. The van der Waals surface area contributed by atoms with E-state index in [-0.39, 0.29) is 23.2 Å². The summed E-state index contributed by atoms with van der Waals surface area (Å²) < 4.78 is 10.5. The highest BCUT2D eigenvalue weighted by atomic mass is 16.6. The van der Waals surface area contributed by atoms with Gasteiger partial charge in [-0.15, -0.1) is 0 Å². The Balaban J connectivity index is 2.14. The smallest absolute Gasteiger partial charge is 0.342 e. The van der Waals surface area contributed by atoms with Crippen LogP contribution in [0.4, 0.5) is 0 Å². The quantitative estimate of drug-likeness (QED) is 0.398. The molecule has 0 bridgehead atoms. The Morgan fingerprint density at radius 2 is 2.05 bits per heavy atom. The van der Waals surface area contributed by atoms with Crippen LogP contribution in [0.25, 0.3) is 6.08 Å². The summed E-state index contributed by atoms with van der Waals surface area (Å²) in [5.74, 6) is -0.919. The van der Waals surface area contributed by atoms with Gasteiger partial charge in [-0.2, -0.15) is 0 Å². The Bertz CT molecular complexity index is 556. The van der Waals surface area contributed by atoms with Crippen molar-refractivity contribution in [3.8, 4) is 5.75 Å². The molecule has 0 amide bonds. The van der Waals surface area contributed by atoms with Gasteiger partial charge in [0.25, 0.3) is 0 Å². The van der Waals surface area contributed by atoms with E-state index in [1.165, 1.54) is 25.1 Å². The summed E-state index contributed by atoms with van der Waals surface area (Å²) in [7, 11) is 0. The number of aromatic hydroxyl groups is 1. The molecule has 0 spiro atoms. The summed E-state index contributed by atoms with van der Waals surface area (Å²) in [6, 6.07) is 6.34. The molecule has 0 aromatic heterocycles. The van der Waals surface area contributed by atoms with Gasteiger partial charge >= 0.3 is 5.97 Å². The van der Waals surface area contributed by atoms with Gasteiger partial charge in [0, 0.05) is 12.8 Å². The number of phenols is 1. The third kappa shape index (κ3) is 4.43. The van der Waals surface area contributed by atoms with Crippen LogP contribution >= 0.6 is 0 Å². The van der Waals surface area contributed by atoms with Gasteiger partial charge in [-0.3, -0.25) is 4.79 Å². The molecule has 1 aliphatic heterocycles. The van der Waals surface area contributed by atoms with E-state index in [1.54, 1.807) is 12.1 Å². The lowest BCUT2D eigenvalue weighted by molar-refractivity contribution is -0.149. The SMILES string of the molecule is CC(=O)C(=Cc1cccc(O)c1)C(=O)OC1CCOCC1. The van der Waals surface area contributed by atoms with E-state index >= 15 is 0 Å². The van der Waals surface area contributed by atoms with Gasteiger partial charge in [0.05, 0.1) is 13.2 Å². The maximum absolute atomic E-state index is 12.1. The first-order chi connectivity index (χ1) is 10.1. The second-order valence-corrected chi connectivity index (χ2v) is 4.93. The molecule has 0 saturated carbocycles. The Hall–Kier alpha value is -2.14. The summed E-state index contributed by atoms with van der Waals surface area (Å²) in [5.41, 5.74) is 0.552. The second-order valence-electron chi connectivity index (χ2n) is 4.93. The fraction of sp³-hybridized carbons (Fsp3) is 0.375. The van der Waals surface area contributed by atoms with E-state index in [9.17, 15) is 14.7 Å². The zero-order chi connectivity index (χ0) is 15.2. The van der Waals surface area contributed by atoms with Crippen LogP contribution in [0.2, 0.25) is 0 Å². The fourth-order valence-electron chi connectivity index (χ4n) is 2.09. The molecule has 5 heteroatoms. The Morgan fingerprint density at radius 3 is 2.67 bits per heavy atom. The number of hydrogen-bond acceptors (Lipinski definition) is 5. The van der Waals surface area contributed by atoms with Crippen LogP contribution in [0.5, 0.6) is 5.75 Å². The van der Waals surface area contributed by atoms with Crippen LogP contribution in [-0.4, -0.2) is 36.2 Å². The molecule has 0 aliphatic carbocycles. The van der Waals surface area contributed by atoms with Gasteiger partial charge in [-0.05, 0) is 30.7 Å². The number of phenolic OH excluding ortho intramolecular Hbond substituents is 1. The summed E-state index contributed by atoms with van der Waals surface area (Å²) in [4.78, 5) is 23.8. The number of esters is 1. The molecule has 1 saturated heterocycles. The minimum absolute atomic E-state index is 0.0212. The maximum atomic E-state index is 12.1. The zero-order valence-electron chi connectivity index (χ0n) is 11.9. The molecule has 1 aliphatic rings. The molecule has 1 N–H and O–H groups in total. The van der Waals surface area contributed by atoms with Crippen LogP contribution in [0.3, 0.4) is 0 Å². The minimum Gasteiger partial charge on any atom is -0.508 e. The first-order valence-corrected chi connectivity index (χ1v) is 6.86. The first-order valence-electron chi connectivity index (χ1n) is 6.86. The van der Waals surface area contributed by atoms with E-state index in [4.69, 9.17) is 9.47 Å². The average Bonchev–Trinajstić information content (AvgIpc) is 2.45. The van der Waals surface area contributed by atoms with Crippen molar-refractivity contribution >= 4 is 17.8 Å². The molecular weight excluding hydrogens is 272 g/mol. The van der Waals surface area contributed by atoms with Crippen molar-refractivity contribution in [2.24, 2.45) is 0 Å². The molecule has 112 valence electrons. The normalized spacial score (nSPS) is 16.5. The fourth-order valence-corrected chi connectivity index (χ4v) is 2.09. The number of carbonyl (C=O) groups excluding carboxylic acids is 2. The third-order valence-corrected chi connectivity index (χ3v) is 3.22. The molecule has 21 heavy (non-hydrogen) atoms. The molecule has 2 rings (SSSR count). The second kappa shape index (κ2) is 7.04. The van der Waals surface area contributed by atoms with Gasteiger partial charge in [0.2, 0.25) is 0 Å². The van der Waals surface area contributed by atoms with Crippen LogP contribution in [0.1, 0.15) is 25.3 Å². The third-order valence-electron chi connectivity index (χ3n) is 3.22. The molecule has 0 atom stereocenters. The highest BCUT2D eigenvalue weighted by Crippen LogP contribution is 2.17. The van der Waals surface area contributed by atoms with Crippen molar-refractivity contribution in [1.82, 2.24) is 0 Å². The predicted molar refractivity (Wildman–Crippen MR) is 76.7 cm³/mol. The predicted octanol–water partition coefficient (Wildman–Crippen LogP) is 2.09. The van der Waals surface area contributed by atoms with Gasteiger partial charge in [-0.1, -0.05) is 12.1 Å². The Kier molecular flexibility index (Phi) is 5.11. The molecule has 1 aromatic carbocycles. The molecule has 1 aromatic rings. The number of carbonyl (C=O) groups is 2. The minimum atomic E-state index is -0.627. The van der Waals surface area contributed by atoms with Crippen molar-refractivity contribution in [1.29, 1.82) is 0 Å². The first kappa shape index (κ1) is 15.3. The van der Waals surface area contributed by atoms with Crippen molar-refractivity contribution in [2.75, 3.05) is 13.2 Å². The molecule has 1 fully saturated rings. The molecule has 0 unspecified atom stereocenters. The largest absolute Gasteiger partial charge is 0.508 e. The highest BCUT2D eigenvalue weighted by molar-refractivity contribution is 6.19. The highest BCUT2D eigenvalue weighted by Gasteiger charge is 2.22. The standard InChI is InChI=1S/C16H18O5/c1-11(17)15(10-12-3-2-4-13(18)9-12)16(19)21-14-5-7-20-8-6-14/h2-4,9-10,14,18H,5-8H2,1H3. The summed E-state index contributed by atoms with van der Waals surface area (Å²) in [6.45, 7) is 2.44. The lowest BCUT2D eigenvalue weighted by Gasteiger charge is -2.22. The van der Waals surface area contributed by atoms with Crippen molar-refractivity contribution in [3.05, 3.63) is 35.4 Å². The van der Waals surface area contributed by atoms with Crippen molar-refractivity contribution in [2.45, 2.75) is 25.9 Å². The van der Waals surface area contributed by atoms with Crippen molar-refractivity contribution < 1.29 is 24.2 Å². The topological polar surface area (TPSA) is 72.8 Å². The van der Waals surface area contributed by atoms with E-state index in [0.29, 0.717) is 31.6 Å². The van der Waals surface area contributed by atoms with E-state index in [1.807, 2.05) is 0 Å². The summed E-state index contributed by atoms with van der Waals surface area (Å²) in [5, 5.41) is 9.42. The zero-order valence-corrected chi connectivity index (χ0v) is 11.9. The molecule has 1 heterocycles. The number of hydrogen-bond donors (Lipinski definition) is 1. The number of ketones is 1. The number of benzene rings is 1.